The fourth-order valence-corrected chi connectivity index (χ4v) is 6.04. The van der Waals surface area contributed by atoms with Crippen LogP contribution < -0.4 is 15.5 Å². The van der Waals surface area contributed by atoms with E-state index < -0.39 is 0 Å². The molecule has 1 fully saturated rings. The number of pyridine rings is 1. The summed E-state index contributed by atoms with van der Waals surface area (Å²) in [4.78, 5) is 9.26. The lowest BCUT2D eigenvalue weighted by atomic mass is 9.86. The maximum absolute atomic E-state index is 7.08. The summed E-state index contributed by atoms with van der Waals surface area (Å²) >= 11 is 13.0. The molecule has 0 amide bonds. The van der Waals surface area contributed by atoms with Crippen LogP contribution in [-0.4, -0.2) is 40.7 Å². The molecule has 37 heavy (non-hydrogen) atoms. The van der Waals surface area contributed by atoms with E-state index in [0.29, 0.717) is 0 Å². The molecule has 7 heteroatoms. The zero-order valence-electron chi connectivity index (χ0n) is 21.8. The molecular formula is C30H34ClN5S. The Morgan fingerprint density at radius 1 is 1.11 bits per heavy atom. The quantitative estimate of drug-likeness (QED) is 0.257. The van der Waals surface area contributed by atoms with E-state index in [9.17, 15) is 0 Å². The van der Waals surface area contributed by atoms with Gasteiger partial charge >= 0.3 is 0 Å². The van der Waals surface area contributed by atoms with E-state index in [1.165, 1.54) is 11.1 Å². The van der Waals surface area contributed by atoms with Crippen molar-refractivity contribution in [3.8, 4) is 0 Å². The van der Waals surface area contributed by atoms with Gasteiger partial charge in [-0.2, -0.15) is 0 Å². The van der Waals surface area contributed by atoms with Crippen LogP contribution in [0, 0.1) is 0 Å². The first-order valence-corrected chi connectivity index (χ1v) is 13.6. The summed E-state index contributed by atoms with van der Waals surface area (Å²) in [6, 6.07) is 20.5. The van der Waals surface area contributed by atoms with Crippen LogP contribution in [0.15, 0.2) is 72.9 Å². The van der Waals surface area contributed by atoms with Gasteiger partial charge in [0.05, 0.1) is 23.3 Å². The van der Waals surface area contributed by atoms with Crippen LogP contribution in [0.4, 0.5) is 11.4 Å². The first kappa shape index (κ1) is 25.6. The molecule has 3 aromatic rings. The number of benzene rings is 2. The van der Waals surface area contributed by atoms with Gasteiger partial charge in [0.15, 0.2) is 5.11 Å². The minimum atomic E-state index is -0.0895. The van der Waals surface area contributed by atoms with Crippen molar-refractivity contribution in [3.63, 3.8) is 0 Å². The highest BCUT2D eigenvalue weighted by atomic mass is 35.5. The fraction of sp³-hybridized carbons (Fsp3) is 0.333. The average molecular weight is 532 g/mol. The van der Waals surface area contributed by atoms with Gasteiger partial charge in [0.1, 0.15) is 0 Å². The Morgan fingerprint density at radius 3 is 2.59 bits per heavy atom. The van der Waals surface area contributed by atoms with Crippen LogP contribution in [0.2, 0.25) is 5.02 Å². The Balaban J connectivity index is 1.48. The molecule has 5 nitrogen and oxygen atoms in total. The highest BCUT2D eigenvalue weighted by molar-refractivity contribution is 7.80. The minimum Gasteiger partial charge on any atom is -0.385 e. The van der Waals surface area contributed by atoms with Crippen molar-refractivity contribution in [1.82, 2.24) is 15.2 Å². The lowest BCUT2D eigenvalue weighted by Gasteiger charge is -2.41. The summed E-state index contributed by atoms with van der Waals surface area (Å²) in [5.41, 5.74) is 6.70. The van der Waals surface area contributed by atoms with E-state index in [0.717, 1.165) is 52.3 Å². The molecule has 0 saturated carbocycles. The lowest BCUT2D eigenvalue weighted by Crippen LogP contribution is -2.42. The number of aromatic nitrogens is 1. The van der Waals surface area contributed by atoms with Crippen LogP contribution in [-0.2, 0) is 0 Å². The second-order valence-corrected chi connectivity index (χ2v) is 11.2. The topological polar surface area (TPSA) is 43.4 Å². The summed E-state index contributed by atoms with van der Waals surface area (Å²) in [7, 11) is 2.13. The number of allylic oxidation sites excluding steroid dienone is 1. The van der Waals surface area contributed by atoms with E-state index in [1.54, 1.807) is 0 Å². The van der Waals surface area contributed by atoms with E-state index in [2.05, 4.69) is 89.6 Å². The van der Waals surface area contributed by atoms with Crippen LogP contribution in [0.1, 0.15) is 56.1 Å². The molecular weight excluding hydrogens is 498 g/mol. The van der Waals surface area contributed by atoms with Gasteiger partial charge in [-0.3, -0.25) is 4.98 Å². The average Bonchev–Trinajstić information content (AvgIpc) is 3.21. The smallest absolute Gasteiger partial charge is 0.170 e. The first-order valence-electron chi connectivity index (χ1n) is 12.8. The Kier molecular flexibility index (Phi) is 7.15. The number of likely N-dealkylation sites (N-methyl/N-ethyl adjacent to an activating group) is 1. The molecule has 2 atom stereocenters. The zero-order valence-corrected chi connectivity index (χ0v) is 23.4. The molecule has 192 valence electrons. The fourth-order valence-electron chi connectivity index (χ4n) is 5.44. The normalized spacial score (nSPS) is 20.4. The molecule has 2 N–H and O–H groups in total. The second-order valence-electron chi connectivity index (χ2n) is 10.4. The highest BCUT2D eigenvalue weighted by Crippen LogP contribution is 2.46. The van der Waals surface area contributed by atoms with E-state index in [-0.39, 0.29) is 17.6 Å². The monoisotopic (exact) mass is 531 g/mol. The summed E-state index contributed by atoms with van der Waals surface area (Å²) in [5, 5.41) is 8.56. The van der Waals surface area contributed by atoms with Crippen molar-refractivity contribution in [3.05, 3.63) is 94.8 Å². The number of nitrogens with zero attached hydrogens (tertiary/aromatic N) is 3. The van der Waals surface area contributed by atoms with E-state index >= 15 is 0 Å². The summed E-state index contributed by atoms with van der Waals surface area (Å²) in [6.07, 6.45) is 5.09. The van der Waals surface area contributed by atoms with Crippen molar-refractivity contribution < 1.29 is 0 Å². The third-order valence-corrected chi connectivity index (χ3v) is 8.21. The second kappa shape index (κ2) is 10.3. The van der Waals surface area contributed by atoms with Gasteiger partial charge in [-0.05, 0) is 86.9 Å². The first-order chi connectivity index (χ1) is 17.8. The van der Waals surface area contributed by atoms with Gasteiger partial charge in [-0.15, -0.1) is 0 Å². The number of nitrogens with one attached hydrogen (secondary N) is 2. The molecule has 1 aromatic heterocycles. The number of fused-ring (bicyclic) bond motifs is 1. The number of hydrogen-bond acceptors (Lipinski definition) is 4. The van der Waals surface area contributed by atoms with Gasteiger partial charge < -0.3 is 20.4 Å². The molecule has 2 aliphatic heterocycles. The van der Waals surface area contributed by atoms with Gasteiger partial charge in [-0.25, -0.2) is 0 Å². The van der Waals surface area contributed by atoms with Crippen molar-refractivity contribution in [2.45, 2.75) is 44.8 Å². The van der Waals surface area contributed by atoms with Gasteiger partial charge in [0.2, 0.25) is 0 Å². The van der Waals surface area contributed by atoms with Crippen molar-refractivity contribution >= 4 is 45.9 Å². The molecule has 0 spiro atoms. The Bertz CT molecular complexity index is 1310. The number of rotatable bonds is 7. The Hall–Kier alpha value is -3.09. The standard InChI is InChI=1S/C30H34ClN5S/c1-20-19-30(2,3)35(4)26-18-24(31)23(17-22(20)26)28-27(25-13-8-9-14-33-25)34-29(37)36(28)16-10-15-32-21-11-6-5-7-12-21/h5-9,11-14,17-19,27-28,32H,10,15-16H2,1-4H3,(H,34,37)/t27-,28-/m1/s1. The van der Waals surface area contributed by atoms with Crippen molar-refractivity contribution in [1.29, 1.82) is 0 Å². The van der Waals surface area contributed by atoms with Gasteiger partial charge in [-0.1, -0.05) is 41.9 Å². The van der Waals surface area contributed by atoms with Gasteiger partial charge in [0.25, 0.3) is 0 Å². The van der Waals surface area contributed by atoms with E-state index in [1.807, 2.05) is 36.5 Å². The largest absolute Gasteiger partial charge is 0.385 e. The number of thiocarbonyl (C=S) groups is 1. The van der Waals surface area contributed by atoms with Crippen molar-refractivity contribution in [2.24, 2.45) is 0 Å². The van der Waals surface area contributed by atoms with Crippen LogP contribution in [0.25, 0.3) is 5.57 Å². The molecule has 1 saturated heterocycles. The predicted octanol–water partition coefficient (Wildman–Crippen LogP) is 6.84. The third kappa shape index (κ3) is 5.05. The number of para-hydroxylation sites is 1. The molecule has 5 rings (SSSR count). The Morgan fingerprint density at radius 2 is 1.86 bits per heavy atom. The summed E-state index contributed by atoms with van der Waals surface area (Å²) < 4.78 is 0. The van der Waals surface area contributed by atoms with Gasteiger partial charge in [0, 0.05) is 48.3 Å². The molecule has 2 aromatic carbocycles. The maximum Gasteiger partial charge on any atom is 0.170 e. The lowest BCUT2D eigenvalue weighted by molar-refractivity contribution is 0.316. The molecule has 2 aliphatic rings. The van der Waals surface area contributed by atoms with Crippen LogP contribution in [0.3, 0.4) is 0 Å². The number of hydrogen-bond donors (Lipinski definition) is 2. The number of halogens is 1. The highest BCUT2D eigenvalue weighted by Gasteiger charge is 2.41. The predicted molar refractivity (Wildman–Crippen MR) is 159 cm³/mol. The molecule has 0 aliphatic carbocycles. The molecule has 3 heterocycles. The molecule has 0 radical (unpaired) electrons. The minimum absolute atomic E-state index is 0.0648. The van der Waals surface area contributed by atoms with E-state index in [4.69, 9.17) is 23.8 Å². The maximum atomic E-state index is 7.08. The summed E-state index contributed by atoms with van der Waals surface area (Å²) in [6.45, 7) is 8.29. The van der Waals surface area contributed by atoms with Crippen LogP contribution in [0.5, 0.6) is 0 Å². The molecule has 0 bridgehead atoms. The van der Waals surface area contributed by atoms with Crippen LogP contribution >= 0.6 is 23.8 Å². The Labute approximate surface area is 230 Å². The molecule has 0 unspecified atom stereocenters. The zero-order chi connectivity index (χ0) is 26.2. The SMILES string of the molecule is CC1=CC(C)(C)N(C)c2cc(Cl)c([C@@H]3[C@@H](c4ccccn4)NC(=S)N3CCCNc3ccccc3)cc21. The number of anilines is 2. The van der Waals surface area contributed by atoms with Crippen molar-refractivity contribution in [2.75, 3.05) is 30.4 Å². The summed E-state index contributed by atoms with van der Waals surface area (Å²) in [5.74, 6) is 0. The third-order valence-electron chi connectivity index (χ3n) is 7.53.